The number of hydrogen-bond acceptors (Lipinski definition) is 4. The molecule has 1 fully saturated rings. The molecular formula is C13H16ClF3N2OS2. The number of thioether (sulfide) groups is 2. The summed E-state index contributed by atoms with van der Waals surface area (Å²) in [5.41, 5.74) is 5.10. The number of carbonyl (C=O) groups is 1. The Morgan fingerprint density at radius 3 is 2.59 bits per heavy atom. The fourth-order valence-electron chi connectivity index (χ4n) is 1.91. The van der Waals surface area contributed by atoms with Gasteiger partial charge < -0.3 is 11.1 Å². The quantitative estimate of drug-likeness (QED) is 0.854. The lowest BCUT2D eigenvalue weighted by Crippen LogP contribution is -2.30. The van der Waals surface area contributed by atoms with E-state index in [-0.39, 0.29) is 35.8 Å². The maximum atomic E-state index is 12.8. The summed E-state index contributed by atoms with van der Waals surface area (Å²) >= 11 is 3.21. The molecule has 1 saturated heterocycles. The summed E-state index contributed by atoms with van der Waals surface area (Å²) in [5.74, 6) is 2.29. The number of alkyl halides is 3. The van der Waals surface area contributed by atoms with E-state index in [1.165, 1.54) is 17.8 Å². The van der Waals surface area contributed by atoms with Crippen LogP contribution in [0.25, 0.3) is 0 Å². The predicted octanol–water partition coefficient (Wildman–Crippen LogP) is 3.37. The van der Waals surface area contributed by atoms with Crippen molar-refractivity contribution in [2.45, 2.75) is 18.0 Å². The average molecular weight is 373 g/mol. The molecular weight excluding hydrogens is 357 g/mol. The number of rotatable bonds is 3. The Kier molecular flexibility index (Phi) is 7.37. The zero-order chi connectivity index (χ0) is 15.5. The number of halogens is 4. The van der Waals surface area contributed by atoms with Crippen LogP contribution in [-0.2, 0) is 17.5 Å². The second kappa shape index (κ2) is 8.33. The molecule has 2 rings (SSSR count). The second-order valence-corrected chi connectivity index (χ2v) is 7.00. The minimum absolute atomic E-state index is 0. The Labute approximate surface area is 141 Å². The summed E-state index contributed by atoms with van der Waals surface area (Å²) in [6.07, 6.45) is -4.46. The van der Waals surface area contributed by atoms with Crippen LogP contribution in [-0.4, -0.2) is 28.4 Å². The van der Waals surface area contributed by atoms with Gasteiger partial charge >= 0.3 is 6.18 Å². The summed E-state index contributed by atoms with van der Waals surface area (Å²) in [5, 5.41) is 2.35. The lowest BCUT2D eigenvalue weighted by atomic mass is 10.1. The molecule has 0 spiro atoms. The Balaban J connectivity index is 0.00000242. The maximum Gasteiger partial charge on any atom is 0.416 e. The van der Waals surface area contributed by atoms with Crippen molar-refractivity contribution < 1.29 is 18.0 Å². The number of hydrogen-bond donors (Lipinski definition) is 2. The van der Waals surface area contributed by atoms with Gasteiger partial charge in [-0.3, -0.25) is 4.79 Å². The Morgan fingerprint density at radius 1 is 1.32 bits per heavy atom. The number of carbonyl (C=O) groups excluding carboxylic acids is 1. The van der Waals surface area contributed by atoms with Crippen molar-refractivity contribution in [2.24, 2.45) is 5.73 Å². The largest absolute Gasteiger partial charge is 0.416 e. The van der Waals surface area contributed by atoms with Crippen molar-refractivity contribution in [1.29, 1.82) is 0 Å². The molecule has 1 heterocycles. The van der Waals surface area contributed by atoms with E-state index in [4.69, 9.17) is 5.73 Å². The normalized spacial score (nSPS) is 18.5. The van der Waals surface area contributed by atoms with Gasteiger partial charge in [0, 0.05) is 29.5 Å². The van der Waals surface area contributed by atoms with Crippen molar-refractivity contribution in [3.05, 3.63) is 29.3 Å². The minimum atomic E-state index is -4.46. The van der Waals surface area contributed by atoms with Crippen LogP contribution in [0, 0.1) is 0 Å². The van der Waals surface area contributed by atoms with E-state index < -0.39 is 11.7 Å². The smallest absolute Gasteiger partial charge is 0.326 e. The molecule has 3 N–H and O–H groups in total. The molecule has 0 radical (unpaired) electrons. The Bertz CT molecular complexity index is 522. The second-order valence-electron chi connectivity index (χ2n) is 4.54. The fraction of sp³-hybridized carbons (Fsp3) is 0.462. The van der Waals surface area contributed by atoms with Crippen molar-refractivity contribution in [2.75, 3.05) is 22.6 Å². The molecule has 1 atom stereocenters. The first kappa shape index (κ1) is 19.5. The zero-order valence-corrected chi connectivity index (χ0v) is 13.9. The highest BCUT2D eigenvalue weighted by Gasteiger charge is 2.31. The van der Waals surface area contributed by atoms with E-state index in [0.29, 0.717) is 11.3 Å². The lowest BCUT2D eigenvalue weighted by Gasteiger charge is -2.20. The van der Waals surface area contributed by atoms with Gasteiger partial charge in [-0.15, -0.1) is 24.2 Å². The average Bonchev–Trinajstić information content (AvgIpc) is 2.46. The number of anilines is 1. The van der Waals surface area contributed by atoms with E-state index >= 15 is 0 Å². The molecule has 0 aliphatic carbocycles. The van der Waals surface area contributed by atoms with E-state index in [2.05, 4.69) is 5.32 Å². The Hall–Kier alpha value is -0.570. The van der Waals surface area contributed by atoms with Gasteiger partial charge in [-0.1, -0.05) is 0 Å². The van der Waals surface area contributed by atoms with Gasteiger partial charge in [-0.2, -0.15) is 24.9 Å². The molecule has 1 aliphatic heterocycles. The van der Waals surface area contributed by atoms with E-state index in [1.54, 1.807) is 11.8 Å². The fourth-order valence-corrected chi connectivity index (χ4v) is 4.46. The molecule has 1 aliphatic rings. The van der Waals surface area contributed by atoms with Crippen LogP contribution in [0.4, 0.5) is 18.9 Å². The van der Waals surface area contributed by atoms with Crippen LogP contribution in [0.5, 0.6) is 0 Å². The van der Waals surface area contributed by atoms with Gasteiger partial charge in [0.25, 0.3) is 0 Å². The third-order valence-corrected chi connectivity index (χ3v) is 5.69. The molecule has 9 heteroatoms. The van der Waals surface area contributed by atoms with Crippen LogP contribution in [0.2, 0.25) is 0 Å². The SMILES string of the molecule is Cl.NCc1cc(NC(=O)C2CSCCS2)cc(C(F)(F)F)c1. The van der Waals surface area contributed by atoms with Crippen LogP contribution >= 0.6 is 35.9 Å². The first-order valence-electron chi connectivity index (χ1n) is 6.31. The molecule has 22 heavy (non-hydrogen) atoms. The third kappa shape index (κ3) is 5.26. The predicted molar refractivity (Wildman–Crippen MR) is 88.8 cm³/mol. The lowest BCUT2D eigenvalue weighted by molar-refractivity contribution is -0.137. The summed E-state index contributed by atoms with van der Waals surface area (Å²) < 4.78 is 38.4. The highest BCUT2D eigenvalue weighted by Crippen LogP contribution is 2.32. The highest BCUT2D eigenvalue weighted by atomic mass is 35.5. The zero-order valence-electron chi connectivity index (χ0n) is 11.5. The van der Waals surface area contributed by atoms with Crippen molar-refractivity contribution in [3.8, 4) is 0 Å². The van der Waals surface area contributed by atoms with E-state index in [9.17, 15) is 18.0 Å². The monoisotopic (exact) mass is 372 g/mol. The summed E-state index contributed by atoms with van der Waals surface area (Å²) in [6, 6.07) is 3.42. The van der Waals surface area contributed by atoms with Gasteiger partial charge in [0.05, 0.1) is 10.8 Å². The minimum Gasteiger partial charge on any atom is -0.326 e. The highest BCUT2D eigenvalue weighted by molar-refractivity contribution is 8.07. The summed E-state index contributed by atoms with van der Waals surface area (Å²) in [6.45, 7) is -0.0131. The molecule has 0 bridgehead atoms. The first-order chi connectivity index (χ1) is 9.90. The topological polar surface area (TPSA) is 55.1 Å². The van der Waals surface area contributed by atoms with Gasteiger partial charge in [0.15, 0.2) is 0 Å². The molecule has 3 nitrogen and oxygen atoms in total. The summed E-state index contributed by atoms with van der Waals surface area (Å²) in [7, 11) is 0. The molecule has 1 amide bonds. The van der Waals surface area contributed by atoms with Crippen LogP contribution in [0.1, 0.15) is 11.1 Å². The van der Waals surface area contributed by atoms with Crippen molar-refractivity contribution in [3.63, 3.8) is 0 Å². The number of nitrogens with two attached hydrogens (primary N) is 1. The van der Waals surface area contributed by atoms with E-state index in [0.717, 1.165) is 23.6 Å². The molecule has 0 aromatic heterocycles. The number of amides is 1. The van der Waals surface area contributed by atoms with Crippen LogP contribution < -0.4 is 11.1 Å². The van der Waals surface area contributed by atoms with Gasteiger partial charge in [0.2, 0.25) is 5.91 Å². The third-order valence-electron chi connectivity index (χ3n) is 2.93. The van der Waals surface area contributed by atoms with Crippen LogP contribution in [0.15, 0.2) is 18.2 Å². The van der Waals surface area contributed by atoms with Crippen molar-refractivity contribution in [1.82, 2.24) is 0 Å². The molecule has 124 valence electrons. The first-order valence-corrected chi connectivity index (χ1v) is 8.52. The standard InChI is InChI=1S/C13H15F3N2OS2.ClH/c14-13(15,16)9-3-8(6-17)4-10(5-9)18-12(19)11-7-20-1-2-21-11;/h3-5,11H,1-2,6-7,17H2,(H,18,19);1H. The maximum absolute atomic E-state index is 12.8. The summed E-state index contributed by atoms with van der Waals surface area (Å²) in [4.78, 5) is 12.1. The van der Waals surface area contributed by atoms with Crippen LogP contribution in [0.3, 0.4) is 0 Å². The molecule has 1 aromatic carbocycles. The van der Waals surface area contributed by atoms with E-state index in [1.807, 2.05) is 0 Å². The van der Waals surface area contributed by atoms with Crippen molar-refractivity contribution >= 4 is 47.5 Å². The van der Waals surface area contributed by atoms with Gasteiger partial charge in [0.1, 0.15) is 0 Å². The molecule has 1 unspecified atom stereocenters. The molecule has 0 saturated carbocycles. The Morgan fingerprint density at radius 2 is 2.05 bits per heavy atom. The van der Waals surface area contributed by atoms with Gasteiger partial charge in [-0.05, 0) is 23.8 Å². The van der Waals surface area contributed by atoms with Gasteiger partial charge in [-0.25, -0.2) is 0 Å². The number of nitrogens with one attached hydrogen (secondary N) is 1. The molecule has 1 aromatic rings. The number of benzene rings is 1.